The van der Waals surface area contributed by atoms with Crippen molar-refractivity contribution in [2.45, 2.75) is 12.5 Å². The summed E-state index contributed by atoms with van der Waals surface area (Å²) in [6, 6.07) is 14.5. The zero-order valence-corrected chi connectivity index (χ0v) is 19.8. The third-order valence-electron chi connectivity index (χ3n) is 5.38. The standard InChI is InChI=1S/C25H22Cl2FN5O/c1-33-24(34)22(16-3-5-18(28)6-4-16)23(17-8-10-30-11-9-17)32-25(33)31-14-19(29)12-15-2-7-20(26)21(27)13-15/h2-11,13,19H,12,14,29H2,1H3,(H,31,32). The Morgan fingerprint density at radius 2 is 1.74 bits per heavy atom. The van der Waals surface area contributed by atoms with Gasteiger partial charge in [0, 0.05) is 37.6 Å². The number of halogens is 3. The van der Waals surface area contributed by atoms with E-state index in [0.717, 1.165) is 11.1 Å². The van der Waals surface area contributed by atoms with E-state index in [-0.39, 0.29) is 17.4 Å². The van der Waals surface area contributed by atoms with Gasteiger partial charge in [-0.15, -0.1) is 0 Å². The van der Waals surface area contributed by atoms with Gasteiger partial charge in [-0.3, -0.25) is 14.3 Å². The van der Waals surface area contributed by atoms with Crippen LogP contribution in [0.5, 0.6) is 0 Å². The van der Waals surface area contributed by atoms with Crippen molar-refractivity contribution in [3.05, 3.63) is 98.8 Å². The predicted octanol–water partition coefficient (Wildman–Crippen LogP) is 4.94. The molecule has 34 heavy (non-hydrogen) atoms. The van der Waals surface area contributed by atoms with Crippen LogP contribution in [0.15, 0.2) is 71.8 Å². The molecular formula is C25H22Cl2FN5O. The number of nitrogens with one attached hydrogen (secondary N) is 1. The van der Waals surface area contributed by atoms with Crippen molar-refractivity contribution >= 4 is 29.2 Å². The molecule has 174 valence electrons. The van der Waals surface area contributed by atoms with Crippen molar-refractivity contribution in [3.63, 3.8) is 0 Å². The molecule has 1 atom stereocenters. The van der Waals surface area contributed by atoms with Crippen LogP contribution in [0.25, 0.3) is 22.4 Å². The highest BCUT2D eigenvalue weighted by molar-refractivity contribution is 6.42. The summed E-state index contributed by atoms with van der Waals surface area (Å²) in [6.07, 6.45) is 3.81. The van der Waals surface area contributed by atoms with Crippen molar-refractivity contribution in [1.29, 1.82) is 0 Å². The summed E-state index contributed by atoms with van der Waals surface area (Å²) < 4.78 is 14.9. The second kappa shape index (κ2) is 10.3. The maximum atomic E-state index is 13.5. The summed E-state index contributed by atoms with van der Waals surface area (Å²) in [7, 11) is 1.63. The van der Waals surface area contributed by atoms with Crippen LogP contribution in [0.3, 0.4) is 0 Å². The van der Waals surface area contributed by atoms with Gasteiger partial charge in [0.05, 0.1) is 21.3 Å². The lowest BCUT2D eigenvalue weighted by atomic mass is 10.0. The normalized spacial score (nSPS) is 11.9. The Labute approximate surface area is 206 Å². The Hall–Kier alpha value is -3.26. The Morgan fingerprint density at radius 1 is 1.03 bits per heavy atom. The van der Waals surface area contributed by atoms with Crippen molar-refractivity contribution in [2.75, 3.05) is 11.9 Å². The Kier molecular flexibility index (Phi) is 7.26. The predicted molar refractivity (Wildman–Crippen MR) is 135 cm³/mol. The molecule has 2 aromatic heterocycles. The van der Waals surface area contributed by atoms with Crippen LogP contribution in [-0.2, 0) is 13.5 Å². The fraction of sp³-hybridized carbons (Fsp3) is 0.160. The lowest BCUT2D eigenvalue weighted by molar-refractivity contribution is 0.628. The minimum absolute atomic E-state index is 0.268. The zero-order valence-electron chi connectivity index (χ0n) is 18.3. The molecule has 0 aliphatic carbocycles. The van der Waals surface area contributed by atoms with Gasteiger partial charge in [0.1, 0.15) is 5.82 Å². The molecule has 0 radical (unpaired) electrons. The molecule has 2 heterocycles. The second-order valence-corrected chi connectivity index (χ2v) is 8.67. The molecule has 0 saturated heterocycles. The molecule has 4 rings (SSSR count). The maximum absolute atomic E-state index is 13.5. The van der Waals surface area contributed by atoms with Gasteiger partial charge in [-0.25, -0.2) is 9.37 Å². The average Bonchev–Trinajstić information content (AvgIpc) is 2.83. The number of hydrogen-bond acceptors (Lipinski definition) is 5. The van der Waals surface area contributed by atoms with Crippen molar-refractivity contribution < 1.29 is 4.39 Å². The molecule has 0 spiro atoms. The first kappa shape index (κ1) is 23.9. The largest absolute Gasteiger partial charge is 0.354 e. The first-order valence-electron chi connectivity index (χ1n) is 10.5. The summed E-state index contributed by atoms with van der Waals surface area (Å²) in [5.74, 6) is -0.0134. The summed E-state index contributed by atoms with van der Waals surface area (Å²) in [4.78, 5) is 22.2. The molecule has 2 aromatic carbocycles. The van der Waals surface area contributed by atoms with E-state index in [9.17, 15) is 9.18 Å². The number of rotatable bonds is 7. The van der Waals surface area contributed by atoms with E-state index in [1.165, 1.54) is 16.7 Å². The van der Waals surface area contributed by atoms with Crippen molar-refractivity contribution in [3.8, 4) is 22.4 Å². The highest BCUT2D eigenvalue weighted by Gasteiger charge is 2.18. The maximum Gasteiger partial charge on any atom is 0.263 e. The fourth-order valence-electron chi connectivity index (χ4n) is 3.62. The number of benzene rings is 2. The third-order valence-corrected chi connectivity index (χ3v) is 6.12. The quantitative estimate of drug-likeness (QED) is 0.377. The number of hydrogen-bond donors (Lipinski definition) is 2. The average molecular weight is 498 g/mol. The number of nitrogens with zero attached hydrogens (tertiary/aromatic N) is 3. The van der Waals surface area contributed by atoms with Crippen LogP contribution in [0.2, 0.25) is 10.0 Å². The van der Waals surface area contributed by atoms with E-state index in [4.69, 9.17) is 33.9 Å². The molecule has 0 saturated carbocycles. The van der Waals surface area contributed by atoms with Gasteiger partial charge in [0.2, 0.25) is 5.95 Å². The monoisotopic (exact) mass is 497 g/mol. The molecule has 0 fully saturated rings. The number of nitrogens with two attached hydrogens (primary N) is 1. The lowest BCUT2D eigenvalue weighted by Gasteiger charge is -2.18. The number of aromatic nitrogens is 3. The number of anilines is 1. The Bertz CT molecular complexity index is 1360. The van der Waals surface area contributed by atoms with E-state index < -0.39 is 0 Å². The van der Waals surface area contributed by atoms with Crippen molar-refractivity contribution in [1.82, 2.24) is 14.5 Å². The SMILES string of the molecule is Cn1c(NCC(N)Cc2ccc(Cl)c(Cl)c2)nc(-c2ccncc2)c(-c2ccc(F)cc2)c1=O. The third kappa shape index (κ3) is 5.28. The molecule has 6 nitrogen and oxygen atoms in total. The van der Waals surface area contributed by atoms with Crippen LogP contribution < -0.4 is 16.6 Å². The number of pyridine rings is 1. The van der Waals surface area contributed by atoms with E-state index in [0.29, 0.717) is 45.8 Å². The minimum Gasteiger partial charge on any atom is -0.354 e. The van der Waals surface area contributed by atoms with Crippen molar-refractivity contribution in [2.24, 2.45) is 12.8 Å². The fourth-order valence-corrected chi connectivity index (χ4v) is 3.94. The van der Waals surface area contributed by atoms with Gasteiger partial charge >= 0.3 is 0 Å². The van der Waals surface area contributed by atoms with Gasteiger partial charge in [0.25, 0.3) is 5.56 Å². The summed E-state index contributed by atoms with van der Waals surface area (Å²) >= 11 is 12.1. The van der Waals surface area contributed by atoms with Gasteiger partial charge in [-0.2, -0.15) is 0 Å². The molecule has 0 bridgehead atoms. The lowest BCUT2D eigenvalue weighted by Crippen LogP contribution is -2.34. The van der Waals surface area contributed by atoms with Gasteiger partial charge in [-0.05, 0) is 53.9 Å². The molecule has 0 amide bonds. The van der Waals surface area contributed by atoms with E-state index >= 15 is 0 Å². The van der Waals surface area contributed by atoms with Crippen LogP contribution in [0, 0.1) is 5.82 Å². The molecule has 0 aliphatic rings. The highest BCUT2D eigenvalue weighted by atomic mass is 35.5. The van der Waals surface area contributed by atoms with Gasteiger partial charge in [-0.1, -0.05) is 41.4 Å². The highest BCUT2D eigenvalue weighted by Crippen LogP contribution is 2.29. The first-order valence-corrected chi connectivity index (χ1v) is 11.3. The molecule has 0 aliphatic heterocycles. The minimum atomic E-state index is -0.381. The van der Waals surface area contributed by atoms with E-state index in [2.05, 4.69) is 10.3 Å². The summed E-state index contributed by atoms with van der Waals surface area (Å²) in [6.45, 7) is 0.367. The molecule has 1 unspecified atom stereocenters. The Morgan fingerprint density at radius 3 is 2.41 bits per heavy atom. The van der Waals surface area contributed by atoms with Crippen LogP contribution in [0.1, 0.15) is 5.56 Å². The molecule has 4 aromatic rings. The molecule has 3 N–H and O–H groups in total. The van der Waals surface area contributed by atoms with Crippen LogP contribution >= 0.6 is 23.2 Å². The van der Waals surface area contributed by atoms with Crippen LogP contribution in [-0.4, -0.2) is 27.1 Å². The summed E-state index contributed by atoms with van der Waals surface area (Å²) in [5, 5.41) is 4.15. The second-order valence-electron chi connectivity index (χ2n) is 7.86. The van der Waals surface area contributed by atoms with Gasteiger partial charge in [0.15, 0.2) is 0 Å². The first-order chi connectivity index (χ1) is 16.3. The van der Waals surface area contributed by atoms with E-state index in [1.54, 1.807) is 55.8 Å². The topological polar surface area (TPSA) is 85.8 Å². The van der Waals surface area contributed by atoms with Gasteiger partial charge < -0.3 is 11.1 Å². The molecule has 9 heteroatoms. The van der Waals surface area contributed by atoms with Crippen LogP contribution in [0.4, 0.5) is 10.3 Å². The zero-order chi connectivity index (χ0) is 24.2. The molecular weight excluding hydrogens is 476 g/mol. The summed E-state index contributed by atoms with van der Waals surface area (Å²) in [5.41, 5.74) is 9.14. The Balaban J connectivity index is 1.65. The smallest absolute Gasteiger partial charge is 0.263 e. The van der Waals surface area contributed by atoms with E-state index in [1.807, 2.05) is 6.07 Å².